The van der Waals surface area contributed by atoms with Crippen LogP contribution in [-0.4, -0.2) is 34.5 Å². The van der Waals surface area contributed by atoms with Gasteiger partial charge >= 0.3 is 17.8 Å². The second-order valence-electron chi connectivity index (χ2n) is 7.75. The summed E-state index contributed by atoms with van der Waals surface area (Å²) in [7, 11) is -6.40. The third kappa shape index (κ3) is 11.1. The van der Waals surface area contributed by atoms with E-state index in [0.29, 0.717) is 5.92 Å². The lowest BCUT2D eigenvalue weighted by molar-refractivity contribution is 0.337. The first-order valence-electron chi connectivity index (χ1n) is 7.14. The summed E-state index contributed by atoms with van der Waals surface area (Å²) < 4.78 is 18.9. The molecule has 0 saturated carbocycles. The Balaban J connectivity index is 4.76. The van der Waals surface area contributed by atoms with E-state index in [4.69, 9.17) is 12.3 Å². The van der Waals surface area contributed by atoms with Crippen molar-refractivity contribution in [3.63, 3.8) is 0 Å². The van der Waals surface area contributed by atoms with Crippen LogP contribution in [0.1, 0.15) is 13.8 Å². The molecule has 115 valence electrons. The van der Waals surface area contributed by atoms with E-state index in [9.17, 15) is 0 Å². The van der Waals surface area contributed by atoms with Gasteiger partial charge in [-0.1, -0.05) is 13.8 Å². The lowest BCUT2D eigenvalue weighted by Gasteiger charge is -2.37. The van der Waals surface area contributed by atoms with E-state index in [1.807, 2.05) is 0 Å². The standard InChI is InChI=1S/C12H33O3Si4/c1-12(2)11-19(10,15-18(7,8)9)14-16(3)13-17(4,5)6/h12H,11H2,1-10H3. The van der Waals surface area contributed by atoms with Crippen LogP contribution in [0.15, 0.2) is 0 Å². The summed E-state index contributed by atoms with van der Waals surface area (Å²) in [6, 6.07) is 1.05. The van der Waals surface area contributed by atoms with Gasteiger partial charge in [0.15, 0.2) is 16.6 Å². The van der Waals surface area contributed by atoms with Crippen molar-refractivity contribution in [2.75, 3.05) is 0 Å². The Morgan fingerprint density at radius 3 is 1.63 bits per heavy atom. The Kier molecular flexibility index (Phi) is 7.43. The minimum Gasteiger partial charge on any atom is -0.437 e. The van der Waals surface area contributed by atoms with E-state index in [1.54, 1.807) is 0 Å². The minimum atomic E-state index is -2.11. The Morgan fingerprint density at radius 2 is 1.32 bits per heavy atom. The molecular formula is C12H33O3Si4. The van der Waals surface area contributed by atoms with Crippen LogP contribution in [0.2, 0.25) is 58.4 Å². The van der Waals surface area contributed by atoms with Gasteiger partial charge < -0.3 is 12.3 Å². The first-order valence-corrected chi connectivity index (χ1v) is 18.3. The third-order valence-corrected chi connectivity index (χ3v) is 14.3. The second kappa shape index (κ2) is 7.15. The van der Waals surface area contributed by atoms with Gasteiger partial charge in [-0.15, -0.1) is 0 Å². The summed E-state index contributed by atoms with van der Waals surface area (Å²) in [5.41, 5.74) is 0. The maximum Gasteiger partial charge on any atom is 0.360 e. The molecule has 0 amide bonds. The van der Waals surface area contributed by atoms with Crippen LogP contribution >= 0.6 is 0 Å². The van der Waals surface area contributed by atoms with Crippen LogP contribution in [0, 0.1) is 5.92 Å². The monoisotopic (exact) mass is 337 g/mol. The van der Waals surface area contributed by atoms with E-state index in [-0.39, 0.29) is 0 Å². The molecule has 0 aliphatic carbocycles. The molecule has 0 aliphatic rings. The van der Waals surface area contributed by atoms with Gasteiger partial charge in [-0.3, -0.25) is 0 Å². The SMILES string of the molecule is CC(C)C[Si](C)(O[Si](C)O[Si](C)(C)C)O[Si](C)(C)C. The Hall–Kier alpha value is 0.748. The van der Waals surface area contributed by atoms with Gasteiger partial charge in [0.25, 0.3) is 0 Å². The average molecular weight is 338 g/mol. The molecule has 0 saturated heterocycles. The Morgan fingerprint density at radius 1 is 0.842 bits per heavy atom. The fourth-order valence-electron chi connectivity index (χ4n) is 2.25. The molecule has 1 radical (unpaired) electrons. The molecule has 0 heterocycles. The van der Waals surface area contributed by atoms with Crippen molar-refractivity contribution < 1.29 is 12.3 Å². The molecular weight excluding hydrogens is 304 g/mol. The second-order valence-corrected chi connectivity index (χ2v) is 22.3. The molecule has 0 bridgehead atoms. The van der Waals surface area contributed by atoms with E-state index < -0.39 is 34.5 Å². The van der Waals surface area contributed by atoms with Gasteiger partial charge in [-0.25, -0.2) is 0 Å². The summed E-state index contributed by atoms with van der Waals surface area (Å²) in [4.78, 5) is 0. The Bertz CT molecular complexity index is 273. The zero-order valence-corrected chi connectivity index (χ0v) is 18.5. The summed E-state index contributed by atoms with van der Waals surface area (Å²) in [6.07, 6.45) is 0. The van der Waals surface area contributed by atoms with Crippen molar-refractivity contribution in [2.24, 2.45) is 5.92 Å². The van der Waals surface area contributed by atoms with Crippen LogP contribution in [0.3, 0.4) is 0 Å². The van der Waals surface area contributed by atoms with Crippen molar-refractivity contribution in [3.8, 4) is 0 Å². The molecule has 7 heteroatoms. The van der Waals surface area contributed by atoms with E-state index >= 15 is 0 Å². The van der Waals surface area contributed by atoms with Crippen LogP contribution in [0.25, 0.3) is 0 Å². The summed E-state index contributed by atoms with van der Waals surface area (Å²) in [6.45, 7) is 22.2. The molecule has 0 spiro atoms. The molecule has 0 rings (SSSR count). The summed E-state index contributed by atoms with van der Waals surface area (Å²) in [5, 5.41) is 0. The van der Waals surface area contributed by atoms with E-state index in [2.05, 4.69) is 66.2 Å². The summed E-state index contributed by atoms with van der Waals surface area (Å²) >= 11 is 0. The highest BCUT2D eigenvalue weighted by Crippen LogP contribution is 2.25. The summed E-state index contributed by atoms with van der Waals surface area (Å²) in [5.74, 6) is 0.606. The lowest BCUT2D eigenvalue weighted by atomic mass is 10.3. The molecule has 19 heavy (non-hydrogen) atoms. The smallest absolute Gasteiger partial charge is 0.360 e. The van der Waals surface area contributed by atoms with Gasteiger partial charge in [0.2, 0.25) is 0 Å². The number of rotatable bonds is 8. The molecule has 1 unspecified atom stereocenters. The van der Waals surface area contributed by atoms with Gasteiger partial charge in [0, 0.05) is 0 Å². The first kappa shape index (κ1) is 19.7. The lowest BCUT2D eigenvalue weighted by Crippen LogP contribution is -2.52. The van der Waals surface area contributed by atoms with Crippen molar-refractivity contribution >= 4 is 34.5 Å². The highest BCUT2D eigenvalue weighted by molar-refractivity contribution is 6.85. The third-order valence-electron chi connectivity index (χ3n) is 2.11. The highest BCUT2D eigenvalue weighted by Gasteiger charge is 2.40. The van der Waals surface area contributed by atoms with Crippen molar-refractivity contribution in [1.82, 2.24) is 0 Å². The number of hydrogen-bond donors (Lipinski definition) is 0. The maximum atomic E-state index is 6.44. The zero-order valence-electron chi connectivity index (χ0n) is 14.5. The van der Waals surface area contributed by atoms with Crippen molar-refractivity contribution in [2.45, 2.75) is 72.3 Å². The molecule has 0 aromatic carbocycles. The van der Waals surface area contributed by atoms with Gasteiger partial charge in [-0.05, 0) is 64.3 Å². The topological polar surface area (TPSA) is 27.7 Å². The van der Waals surface area contributed by atoms with Crippen LogP contribution < -0.4 is 0 Å². The van der Waals surface area contributed by atoms with Crippen molar-refractivity contribution in [1.29, 1.82) is 0 Å². The van der Waals surface area contributed by atoms with Crippen molar-refractivity contribution in [3.05, 3.63) is 0 Å². The molecule has 0 N–H and O–H groups in total. The minimum absolute atomic E-state index is 0.606. The molecule has 0 aromatic heterocycles. The molecule has 3 nitrogen and oxygen atoms in total. The van der Waals surface area contributed by atoms with Crippen LogP contribution in [-0.2, 0) is 12.3 Å². The fourth-order valence-corrected chi connectivity index (χ4v) is 16.5. The molecule has 0 fully saturated rings. The maximum absolute atomic E-state index is 6.44. The molecule has 0 aromatic rings. The van der Waals surface area contributed by atoms with E-state index in [1.165, 1.54) is 0 Å². The predicted molar refractivity (Wildman–Crippen MR) is 92.8 cm³/mol. The van der Waals surface area contributed by atoms with Gasteiger partial charge in [-0.2, -0.15) is 0 Å². The van der Waals surface area contributed by atoms with E-state index in [0.717, 1.165) is 6.04 Å². The first-order chi connectivity index (χ1) is 8.22. The van der Waals surface area contributed by atoms with Crippen LogP contribution in [0.4, 0.5) is 0 Å². The molecule has 1 atom stereocenters. The van der Waals surface area contributed by atoms with Gasteiger partial charge in [0.1, 0.15) is 0 Å². The average Bonchev–Trinajstić information content (AvgIpc) is 1.89. The molecule has 0 aliphatic heterocycles. The van der Waals surface area contributed by atoms with Crippen LogP contribution in [0.5, 0.6) is 0 Å². The zero-order chi connectivity index (χ0) is 15.5. The normalized spacial score (nSPS) is 17.1. The fraction of sp³-hybridized carbons (Fsp3) is 1.00. The number of hydrogen-bond acceptors (Lipinski definition) is 3. The Labute approximate surface area is 125 Å². The quantitative estimate of drug-likeness (QED) is 0.608. The largest absolute Gasteiger partial charge is 0.437 e. The predicted octanol–water partition coefficient (Wildman–Crippen LogP) is 4.55. The highest BCUT2D eigenvalue weighted by atomic mass is 28.5. The van der Waals surface area contributed by atoms with Gasteiger partial charge in [0.05, 0.1) is 0 Å².